The quantitative estimate of drug-likeness (QED) is 0.320. The minimum absolute atomic E-state index is 0.00146. The molecule has 7 heteroatoms. The summed E-state index contributed by atoms with van der Waals surface area (Å²) in [5.74, 6) is -0.0000174. The van der Waals surface area contributed by atoms with E-state index in [0.717, 1.165) is 42.6 Å². The van der Waals surface area contributed by atoms with Crippen molar-refractivity contribution >= 4 is 11.8 Å². The number of ketones is 1. The first-order valence-corrected chi connectivity index (χ1v) is 13.9. The van der Waals surface area contributed by atoms with Gasteiger partial charge in [0, 0.05) is 31.1 Å². The van der Waals surface area contributed by atoms with E-state index in [4.69, 9.17) is 0 Å². The predicted molar refractivity (Wildman–Crippen MR) is 141 cm³/mol. The highest BCUT2D eigenvalue weighted by Gasteiger charge is 2.41. The Balaban J connectivity index is 1.50. The summed E-state index contributed by atoms with van der Waals surface area (Å²) in [7, 11) is 0. The molecule has 1 aromatic carbocycles. The summed E-state index contributed by atoms with van der Waals surface area (Å²) in [5, 5.41) is 18.5. The molecule has 2 fully saturated rings. The van der Waals surface area contributed by atoms with E-state index in [2.05, 4.69) is 42.7 Å². The number of rotatable bonds is 13. The van der Waals surface area contributed by atoms with Crippen molar-refractivity contribution in [1.29, 1.82) is 0 Å². The second kappa shape index (κ2) is 11.0. The van der Waals surface area contributed by atoms with Crippen LogP contribution in [0.2, 0.25) is 0 Å². The van der Waals surface area contributed by atoms with Gasteiger partial charge < -0.3 is 5.11 Å². The number of carbonyl (C=O) groups is 2. The summed E-state index contributed by atoms with van der Waals surface area (Å²) in [6.07, 6.45) is 5.96. The van der Waals surface area contributed by atoms with Gasteiger partial charge in [0.15, 0.2) is 0 Å². The Morgan fingerprint density at radius 3 is 2.51 bits per heavy atom. The zero-order valence-corrected chi connectivity index (χ0v) is 23.0. The Hall–Kier alpha value is -2.57. The Morgan fingerprint density at radius 1 is 1.22 bits per heavy atom. The second-order valence-corrected chi connectivity index (χ2v) is 12.6. The number of hydrogen-bond donors (Lipinski definition) is 1. The second-order valence-electron chi connectivity index (χ2n) is 12.6. The lowest BCUT2D eigenvalue weighted by atomic mass is 9.67. The van der Waals surface area contributed by atoms with Crippen molar-refractivity contribution in [1.82, 2.24) is 15.0 Å². The molecule has 2 saturated carbocycles. The van der Waals surface area contributed by atoms with E-state index in [1.807, 2.05) is 6.92 Å². The van der Waals surface area contributed by atoms with Gasteiger partial charge in [-0.1, -0.05) is 45.0 Å². The lowest BCUT2D eigenvalue weighted by Crippen LogP contribution is -2.33. The maximum Gasteiger partial charge on any atom is 0.303 e. The Bertz CT molecular complexity index is 1130. The summed E-state index contributed by atoms with van der Waals surface area (Å²) in [6.45, 7) is 11.1. The molecule has 0 amide bonds. The third-order valence-corrected chi connectivity index (χ3v) is 8.82. The number of carboxylic acids is 1. The molecular weight excluding hydrogens is 469 g/mol. The summed E-state index contributed by atoms with van der Waals surface area (Å²) in [4.78, 5) is 24.5. The van der Waals surface area contributed by atoms with Gasteiger partial charge in [0.1, 0.15) is 11.6 Å². The average molecular weight is 512 g/mol. The molecule has 1 N–H and O–H groups in total. The van der Waals surface area contributed by atoms with Crippen molar-refractivity contribution in [3.63, 3.8) is 0 Å². The van der Waals surface area contributed by atoms with Crippen LogP contribution >= 0.6 is 0 Å². The third-order valence-electron chi connectivity index (χ3n) is 8.82. The monoisotopic (exact) mass is 511 g/mol. The summed E-state index contributed by atoms with van der Waals surface area (Å²) >= 11 is 0. The molecule has 0 saturated heterocycles. The van der Waals surface area contributed by atoms with Gasteiger partial charge >= 0.3 is 5.97 Å². The van der Waals surface area contributed by atoms with Crippen LogP contribution in [-0.2, 0) is 16.0 Å². The standard InChI is InChI=1S/C30H42FN3O3/c1-18(2)30(4,5)17-20-13-24(14-20)34-29(21-8-9-21)28(32-33-34)23(10-11-27(36)37)16-25(35)15-22-7-6-19(3)12-26(22)31/h6-7,12,18,20-21,23-24H,8-11,13-17H2,1-5H3,(H,36,37)/t20?,23-,24?/m0/s1. The van der Waals surface area contributed by atoms with E-state index >= 15 is 0 Å². The number of hydrogen-bond acceptors (Lipinski definition) is 4. The zero-order chi connectivity index (χ0) is 26.9. The lowest BCUT2D eigenvalue weighted by Gasteiger charge is -2.42. The van der Waals surface area contributed by atoms with E-state index < -0.39 is 5.97 Å². The van der Waals surface area contributed by atoms with E-state index in [1.54, 1.807) is 12.1 Å². The van der Waals surface area contributed by atoms with Crippen LogP contribution in [0.15, 0.2) is 18.2 Å². The van der Waals surface area contributed by atoms with E-state index in [1.165, 1.54) is 12.5 Å². The van der Waals surface area contributed by atoms with Crippen molar-refractivity contribution in [2.24, 2.45) is 17.3 Å². The molecule has 0 unspecified atom stereocenters. The predicted octanol–water partition coefficient (Wildman–Crippen LogP) is 6.78. The maximum atomic E-state index is 14.4. The third kappa shape index (κ3) is 6.66. The molecule has 0 spiro atoms. The molecule has 4 rings (SSSR count). The van der Waals surface area contributed by atoms with Crippen molar-refractivity contribution in [2.75, 3.05) is 0 Å². The fourth-order valence-electron chi connectivity index (χ4n) is 5.66. The molecule has 2 aliphatic carbocycles. The Labute approximate surface area is 220 Å². The number of carbonyl (C=O) groups excluding carboxylic acids is 1. The zero-order valence-electron chi connectivity index (χ0n) is 23.0. The minimum atomic E-state index is -0.892. The number of halogens is 1. The maximum absolute atomic E-state index is 14.4. The molecular formula is C30H42FN3O3. The van der Waals surface area contributed by atoms with Crippen LogP contribution in [0, 0.1) is 30.0 Å². The van der Waals surface area contributed by atoms with Crippen molar-refractivity contribution < 1.29 is 19.1 Å². The van der Waals surface area contributed by atoms with Crippen LogP contribution < -0.4 is 0 Å². The molecule has 0 aliphatic heterocycles. The number of benzene rings is 1. The van der Waals surface area contributed by atoms with E-state index in [0.29, 0.717) is 41.2 Å². The van der Waals surface area contributed by atoms with Gasteiger partial charge in [-0.25, -0.2) is 9.07 Å². The largest absolute Gasteiger partial charge is 0.481 e. The SMILES string of the molecule is Cc1ccc(CC(=O)C[C@H](CCC(=O)O)c2nnn(C3CC(CC(C)(C)C(C)C)C3)c2C2CC2)c(F)c1. The van der Waals surface area contributed by atoms with Gasteiger partial charge in [0.05, 0.1) is 17.4 Å². The topological polar surface area (TPSA) is 85.1 Å². The molecule has 202 valence electrons. The van der Waals surface area contributed by atoms with Crippen LogP contribution in [0.1, 0.15) is 119 Å². The Morgan fingerprint density at radius 2 is 1.92 bits per heavy atom. The fourth-order valence-corrected chi connectivity index (χ4v) is 5.66. The van der Waals surface area contributed by atoms with Gasteiger partial charge in [-0.05, 0) is 79.9 Å². The first-order chi connectivity index (χ1) is 17.4. The normalized spacial score (nSPS) is 20.6. The van der Waals surface area contributed by atoms with Gasteiger partial charge in [-0.2, -0.15) is 0 Å². The molecule has 6 nitrogen and oxygen atoms in total. The van der Waals surface area contributed by atoms with E-state index in [9.17, 15) is 19.1 Å². The number of aliphatic carboxylic acids is 1. The van der Waals surface area contributed by atoms with Crippen LogP contribution in [0.4, 0.5) is 4.39 Å². The molecule has 1 atom stereocenters. The Kier molecular flexibility index (Phi) is 8.20. The highest BCUT2D eigenvalue weighted by Crippen LogP contribution is 2.50. The molecule has 0 bridgehead atoms. The van der Waals surface area contributed by atoms with Crippen molar-refractivity contribution in [3.8, 4) is 0 Å². The fraction of sp³-hybridized carbons (Fsp3) is 0.667. The lowest BCUT2D eigenvalue weighted by molar-refractivity contribution is -0.137. The number of nitrogens with zero attached hydrogens (tertiary/aromatic N) is 3. The van der Waals surface area contributed by atoms with Gasteiger partial charge in [0.25, 0.3) is 0 Å². The molecule has 1 aromatic heterocycles. The molecule has 2 aliphatic rings. The molecule has 0 radical (unpaired) electrons. The molecule has 37 heavy (non-hydrogen) atoms. The van der Waals surface area contributed by atoms with E-state index in [-0.39, 0.29) is 36.8 Å². The highest BCUT2D eigenvalue weighted by molar-refractivity contribution is 5.81. The summed E-state index contributed by atoms with van der Waals surface area (Å²) in [5.41, 5.74) is 3.39. The molecule has 1 heterocycles. The van der Waals surface area contributed by atoms with Gasteiger partial charge in [-0.15, -0.1) is 5.10 Å². The average Bonchev–Trinajstić information content (AvgIpc) is 3.53. The first kappa shape index (κ1) is 27.5. The number of aryl methyl sites for hydroxylation is 1. The van der Waals surface area contributed by atoms with Crippen LogP contribution in [0.3, 0.4) is 0 Å². The van der Waals surface area contributed by atoms with Gasteiger partial charge in [-0.3, -0.25) is 9.59 Å². The van der Waals surface area contributed by atoms with Crippen LogP contribution in [0.25, 0.3) is 0 Å². The van der Waals surface area contributed by atoms with Gasteiger partial charge in [0.2, 0.25) is 0 Å². The number of aromatic nitrogens is 3. The van der Waals surface area contributed by atoms with Crippen molar-refractivity contribution in [3.05, 3.63) is 46.5 Å². The van der Waals surface area contributed by atoms with Crippen molar-refractivity contribution in [2.45, 2.75) is 110 Å². The summed E-state index contributed by atoms with van der Waals surface area (Å²) in [6, 6.07) is 5.23. The van der Waals surface area contributed by atoms with Crippen LogP contribution in [-0.4, -0.2) is 31.9 Å². The summed E-state index contributed by atoms with van der Waals surface area (Å²) < 4.78 is 16.5. The first-order valence-electron chi connectivity index (χ1n) is 13.9. The smallest absolute Gasteiger partial charge is 0.303 e. The number of Topliss-reactive ketones (excluding diaryl/α,β-unsaturated/α-hetero) is 1. The highest BCUT2D eigenvalue weighted by atomic mass is 19.1. The minimum Gasteiger partial charge on any atom is -0.481 e. The van der Waals surface area contributed by atoms with Crippen LogP contribution in [0.5, 0.6) is 0 Å². The molecule has 2 aromatic rings. The number of carboxylic acid groups (broad SMARTS) is 1.